The van der Waals surface area contributed by atoms with Gasteiger partial charge in [0.15, 0.2) is 36.8 Å². The summed E-state index contributed by atoms with van der Waals surface area (Å²) in [7, 11) is 1.12. The molecular weight excluding hydrogens is 712 g/mol. The lowest BCUT2D eigenvalue weighted by Gasteiger charge is -2.61. The molecule has 1 aliphatic heterocycles. The van der Waals surface area contributed by atoms with Gasteiger partial charge in [-0.2, -0.15) is 0 Å². The average Bonchev–Trinajstić information content (AvgIpc) is 3.34. The van der Waals surface area contributed by atoms with Gasteiger partial charge in [0.05, 0.1) is 13.2 Å². The van der Waals surface area contributed by atoms with Crippen molar-refractivity contribution in [3.8, 4) is 0 Å². The van der Waals surface area contributed by atoms with Crippen LogP contribution in [0.5, 0.6) is 0 Å². The molecule has 4 aliphatic carbocycles. The number of methoxy groups -OCH3 is 1. The van der Waals surface area contributed by atoms with E-state index in [1.165, 1.54) is 13.8 Å². The smallest absolute Gasteiger partial charge is 0.339 e. The Hall–Kier alpha value is -3.63. The van der Waals surface area contributed by atoms with Crippen LogP contribution in [0.4, 0.5) is 0 Å². The van der Waals surface area contributed by atoms with Crippen LogP contribution in [0, 0.1) is 34.5 Å². The highest BCUT2D eigenvalue weighted by molar-refractivity contribution is 5.84. The topological polar surface area (TPSA) is 214 Å². The number of hydrogen-bond acceptors (Lipinski definition) is 16. The fourth-order valence-electron chi connectivity index (χ4n) is 10.8. The number of ether oxygens (including phenoxy) is 8. The van der Waals surface area contributed by atoms with Crippen LogP contribution in [-0.4, -0.2) is 109 Å². The number of carbonyl (C=O) groups is 7. The van der Waals surface area contributed by atoms with E-state index < -0.39 is 95.2 Å². The van der Waals surface area contributed by atoms with Crippen LogP contribution in [0.15, 0.2) is 0 Å². The largest absolute Gasteiger partial charge is 0.467 e. The molecule has 0 bridgehead atoms. The number of rotatable bonds is 10. The van der Waals surface area contributed by atoms with Crippen LogP contribution >= 0.6 is 0 Å². The molecule has 0 unspecified atom stereocenters. The fourth-order valence-corrected chi connectivity index (χ4v) is 10.8. The molecule has 0 aromatic carbocycles. The summed E-state index contributed by atoms with van der Waals surface area (Å²) in [6.07, 6.45) is -4.94. The third kappa shape index (κ3) is 7.75. The quantitative estimate of drug-likeness (QED) is 0.192. The second-order valence-electron chi connectivity index (χ2n) is 16.2. The maximum atomic E-state index is 14.4. The molecule has 14 atom stereocenters. The Balaban J connectivity index is 1.37. The second kappa shape index (κ2) is 15.8. The first-order chi connectivity index (χ1) is 25.2. The van der Waals surface area contributed by atoms with Crippen LogP contribution in [0.3, 0.4) is 0 Å². The van der Waals surface area contributed by atoms with Crippen LogP contribution in [0.1, 0.15) is 99.8 Å². The van der Waals surface area contributed by atoms with Gasteiger partial charge in [-0.3, -0.25) is 28.8 Å². The summed E-state index contributed by atoms with van der Waals surface area (Å²) < 4.78 is 44.6. The number of hydrogen-bond donors (Lipinski definition) is 1. The molecule has 0 spiro atoms. The standard InChI is InChI=1S/C38H54O16/c1-18(39)48-17-28(49-19(2)40)38(46)14-12-26-25-10-9-23-15-24(11-13-36(23,6)29(25)27(44)16-37(26,38)7)53-35-33(52-22(5)43)31(51-21(4)42)30(50-20(3)41)32(54-35)34(45)47-8/h23-26,28-33,35,46H,9-17H2,1-8H3/t23-,24-,25+,26+,28-,29-,30+,31+,32-,33-,35-,36-,37-,38+/m1/s1. The first-order valence-corrected chi connectivity index (χ1v) is 18.7. The molecule has 5 rings (SSSR count). The molecule has 0 amide bonds. The third-order valence-corrected chi connectivity index (χ3v) is 13.0. The summed E-state index contributed by atoms with van der Waals surface area (Å²) in [5.41, 5.74) is -2.91. The number of esters is 6. The van der Waals surface area contributed by atoms with Gasteiger partial charge in [-0.05, 0) is 68.1 Å². The van der Waals surface area contributed by atoms with E-state index in [9.17, 15) is 38.7 Å². The number of ketones is 1. The zero-order valence-corrected chi connectivity index (χ0v) is 32.3. The second-order valence-corrected chi connectivity index (χ2v) is 16.2. The van der Waals surface area contributed by atoms with Gasteiger partial charge >= 0.3 is 35.8 Å². The normalized spacial score (nSPS) is 40.4. The van der Waals surface area contributed by atoms with E-state index in [2.05, 4.69) is 6.92 Å². The highest BCUT2D eigenvalue weighted by Gasteiger charge is 2.70. The van der Waals surface area contributed by atoms with Crippen molar-refractivity contribution in [2.45, 2.75) is 148 Å². The Labute approximate surface area is 314 Å². The van der Waals surface area contributed by atoms with Crippen molar-refractivity contribution in [1.29, 1.82) is 0 Å². The summed E-state index contributed by atoms with van der Waals surface area (Å²) in [6, 6.07) is 0. The zero-order valence-electron chi connectivity index (χ0n) is 32.3. The summed E-state index contributed by atoms with van der Waals surface area (Å²) in [4.78, 5) is 87.7. The van der Waals surface area contributed by atoms with Crippen molar-refractivity contribution in [3.05, 3.63) is 0 Å². The third-order valence-electron chi connectivity index (χ3n) is 13.0. The summed E-state index contributed by atoms with van der Waals surface area (Å²) in [6.45, 7) is 9.56. The SMILES string of the molecule is COC(=O)[C@@H]1O[C@@H](O[C@@H]2CC[C@]3(C)[C@H](CC[C@@H]4[C@@H]3C(=O)C[C@]3(C)[C@H]4CC[C@]3(O)[C@@H](COC(C)=O)OC(C)=O)C2)[C@H](OC(C)=O)[C@@H](OC(C)=O)[C@@H]1OC(C)=O. The Morgan fingerprint density at radius 3 is 2.04 bits per heavy atom. The van der Waals surface area contributed by atoms with Crippen molar-refractivity contribution in [1.82, 2.24) is 0 Å². The fraction of sp³-hybridized carbons (Fsp3) is 0.816. The van der Waals surface area contributed by atoms with Crippen molar-refractivity contribution in [2.75, 3.05) is 13.7 Å². The zero-order chi connectivity index (χ0) is 39.9. The van der Waals surface area contributed by atoms with Gasteiger partial charge in [0, 0.05) is 52.4 Å². The van der Waals surface area contributed by atoms with Crippen LogP contribution in [0.2, 0.25) is 0 Å². The molecule has 16 nitrogen and oxygen atoms in total. The Kier molecular flexibility index (Phi) is 12.2. The number of aliphatic hydroxyl groups is 1. The molecule has 302 valence electrons. The summed E-state index contributed by atoms with van der Waals surface area (Å²) in [5, 5.41) is 12.3. The molecule has 5 aliphatic rings. The lowest BCUT2D eigenvalue weighted by molar-refractivity contribution is -0.314. The van der Waals surface area contributed by atoms with E-state index >= 15 is 0 Å². The molecule has 1 N–H and O–H groups in total. The lowest BCUT2D eigenvalue weighted by Crippen LogP contribution is -2.65. The van der Waals surface area contributed by atoms with Crippen LogP contribution in [-0.2, 0) is 71.5 Å². The van der Waals surface area contributed by atoms with E-state index in [1.54, 1.807) is 0 Å². The average molecular weight is 767 g/mol. The Morgan fingerprint density at radius 2 is 1.44 bits per heavy atom. The van der Waals surface area contributed by atoms with Gasteiger partial charge in [-0.25, -0.2) is 4.79 Å². The predicted octanol–water partition coefficient (Wildman–Crippen LogP) is 2.51. The highest BCUT2D eigenvalue weighted by Crippen LogP contribution is 2.68. The molecular formula is C38H54O16. The van der Waals surface area contributed by atoms with E-state index in [-0.39, 0.29) is 48.9 Å². The van der Waals surface area contributed by atoms with E-state index in [0.29, 0.717) is 32.1 Å². The molecule has 54 heavy (non-hydrogen) atoms. The molecule has 0 radical (unpaired) electrons. The van der Waals surface area contributed by atoms with E-state index in [1.807, 2.05) is 6.92 Å². The molecule has 1 saturated heterocycles. The first-order valence-electron chi connectivity index (χ1n) is 18.7. The molecule has 16 heteroatoms. The highest BCUT2D eigenvalue weighted by atomic mass is 16.7. The van der Waals surface area contributed by atoms with Gasteiger partial charge in [-0.1, -0.05) is 13.8 Å². The molecule has 5 fully saturated rings. The maximum absolute atomic E-state index is 14.4. The van der Waals surface area contributed by atoms with Gasteiger partial charge in [0.1, 0.15) is 18.0 Å². The Bertz CT molecular complexity index is 1510. The predicted molar refractivity (Wildman–Crippen MR) is 181 cm³/mol. The lowest BCUT2D eigenvalue weighted by atomic mass is 9.44. The van der Waals surface area contributed by atoms with E-state index in [4.69, 9.17) is 37.9 Å². The minimum Gasteiger partial charge on any atom is -0.467 e. The Morgan fingerprint density at radius 1 is 0.815 bits per heavy atom. The minimum atomic E-state index is -1.58. The van der Waals surface area contributed by atoms with Crippen molar-refractivity contribution >= 4 is 41.6 Å². The first kappa shape index (κ1) is 41.5. The van der Waals surface area contributed by atoms with E-state index in [0.717, 1.165) is 34.3 Å². The summed E-state index contributed by atoms with van der Waals surface area (Å²) in [5.74, 6) is -4.76. The van der Waals surface area contributed by atoms with Gasteiger partial charge in [0.25, 0.3) is 0 Å². The molecule has 0 aromatic rings. The minimum absolute atomic E-state index is 0.0331. The van der Waals surface area contributed by atoms with Crippen molar-refractivity contribution in [3.63, 3.8) is 0 Å². The number of fused-ring (bicyclic) bond motifs is 5. The van der Waals surface area contributed by atoms with Crippen molar-refractivity contribution < 1.29 is 76.6 Å². The summed E-state index contributed by atoms with van der Waals surface area (Å²) >= 11 is 0. The monoisotopic (exact) mass is 766 g/mol. The van der Waals surface area contributed by atoms with Crippen LogP contribution in [0.25, 0.3) is 0 Å². The van der Waals surface area contributed by atoms with Gasteiger partial charge in [-0.15, -0.1) is 0 Å². The maximum Gasteiger partial charge on any atom is 0.339 e. The number of carbonyl (C=O) groups excluding carboxylic acids is 7. The molecule has 0 aromatic heterocycles. The van der Waals surface area contributed by atoms with Gasteiger partial charge < -0.3 is 43.0 Å². The van der Waals surface area contributed by atoms with Crippen LogP contribution < -0.4 is 0 Å². The van der Waals surface area contributed by atoms with Gasteiger partial charge in [0.2, 0.25) is 0 Å². The molecule has 1 heterocycles. The number of Topliss-reactive ketones (excluding diaryl/α,β-unsaturated/α-hetero) is 1. The molecule has 4 saturated carbocycles. The van der Waals surface area contributed by atoms with Crippen molar-refractivity contribution in [2.24, 2.45) is 34.5 Å².